The smallest absolute Gasteiger partial charge is 0.329 e. The van der Waals surface area contributed by atoms with Gasteiger partial charge in [0, 0.05) is 20.2 Å². The van der Waals surface area contributed by atoms with E-state index in [0.29, 0.717) is 24.7 Å². The molecule has 0 bridgehead atoms. The molecule has 0 aliphatic heterocycles. The lowest BCUT2D eigenvalue weighted by atomic mass is 10.1. The Morgan fingerprint density at radius 3 is 2.73 bits per heavy atom. The first-order chi connectivity index (χ1) is 14.3. The maximum Gasteiger partial charge on any atom is 0.329 e. The van der Waals surface area contributed by atoms with E-state index in [9.17, 15) is 14.7 Å². The number of imidazole rings is 1. The SMILES string of the molecule is Cc1ccc(OC[C@@H](O)Cn2c(NCCCO)nc3c2c(=O)[nH]c(=O)n3C)cc1C. The van der Waals surface area contributed by atoms with E-state index in [4.69, 9.17) is 9.84 Å². The summed E-state index contributed by atoms with van der Waals surface area (Å²) >= 11 is 0. The Kier molecular flexibility index (Phi) is 6.58. The highest BCUT2D eigenvalue weighted by molar-refractivity contribution is 5.74. The largest absolute Gasteiger partial charge is 0.491 e. The molecule has 0 aliphatic carbocycles. The molecule has 1 atom stereocenters. The number of aryl methyl sites for hydroxylation is 3. The number of aromatic amines is 1. The van der Waals surface area contributed by atoms with Gasteiger partial charge in [0.25, 0.3) is 5.56 Å². The average molecular weight is 417 g/mol. The number of aliphatic hydroxyl groups excluding tert-OH is 2. The summed E-state index contributed by atoms with van der Waals surface area (Å²) in [5, 5.41) is 22.6. The van der Waals surface area contributed by atoms with Crippen molar-refractivity contribution < 1.29 is 14.9 Å². The van der Waals surface area contributed by atoms with Crippen molar-refractivity contribution in [2.75, 3.05) is 25.1 Å². The van der Waals surface area contributed by atoms with Crippen LogP contribution >= 0.6 is 0 Å². The van der Waals surface area contributed by atoms with Crippen molar-refractivity contribution >= 4 is 17.1 Å². The Labute approximate surface area is 172 Å². The van der Waals surface area contributed by atoms with Crippen molar-refractivity contribution in [3.8, 4) is 5.75 Å². The van der Waals surface area contributed by atoms with Gasteiger partial charge in [0.2, 0.25) is 5.95 Å². The molecule has 4 N–H and O–H groups in total. The highest BCUT2D eigenvalue weighted by Crippen LogP contribution is 2.18. The summed E-state index contributed by atoms with van der Waals surface area (Å²) in [5.41, 5.74) is 1.46. The van der Waals surface area contributed by atoms with Gasteiger partial charge in [-0.2, -0.15) is 4.98 Å². The molecule has 1 aromatic carbocycles. The first-order valence-electron chi connectivity index (χ1n) is 9.74. The predicted molar refractivity (Wildman–Crippen MR) is 113 cm³/mol. The molecule has 162 valence electrons. The molecule has 0 saturated carbocycles. The standard InChI is InChI=1S/C20H27N5O5/c1-12-5-6-15(9-13(12)2)30-11-14(27)10-25-16-17(22-19(25)21-7-4-8-26)24(3)20(29)23-18(16)28/h5-6,9,14,26-27H,4,7-8,10-11H2,1-3H3,(H,21,22)(H,23,28,29)/t14-/m0/s1. The van der Waals surface area contributed by atoms with Crippen LogP contribution in [0.4, 0.5) is 5.95 Å². The van der Waals surface area contributed by atoms with E-state index >= 15 is 0 Å². The molecule has 0 aliphatic rings. The molecule has 3 rings (SSSR count). The summed E-state index contributed by atoms with van der Waals surface area (Å²) in [6.07, 6.45) is -0.448. The van der Waals surface area contributed by atoms with E-state index in [1.165, 1.54) is 16.2 Å². The molecule has 0 radical (unpaired) electrons. The minimum Gasteiger partial charge on any atom is -0.491 e. The number of nitrogens with zero attached hydrogens (tertiary/aromatic N) is 3. The predicted octanol–water partition coefficient (Wildman–Crippen LogP) is 0.274. The molecular weight excluding hydrogens is 390 g/mol. The second-order valence-corrected chi connectivity index (χ2v) is 7.25. The molecule has 0 fully saturated rings. The van der Waals surface area contributed by atoms with Crippen LogP contribution in [-0.2, 0) is 13.6 Å². The molecule has 0 unspecified atom stereocenters. The Morgan fingerprint density at radius 1 is 1.27 bits per heavy atom. The Morgan fingerprint density at radius 2 is 2.03 bits per heavy atom. The topological polar surface area (TPSA) is 134 Å². The number of benzene rings is 1. The van der Waals surface area contributed by atoms with Crippen molar-refractivity contribution in [2.24, 2.45) is 7.05 Å². The fraction of sp³-hybridized carbons (Fsp3) is 0.450. The Hall–Kier alpha value is -3.11. The molecular formula is C20H27N5O5. The molecule has 0 amide bonds. The van der Waals surface area contributed by atoms with Crippen LogP contribution in [-0.4, -0.2) is 55.2 Å². The van der Waals surface area contributed by atoms with Crippen LogP contribution in [0.25, 0.3) is 11.2 Å². The van der Waals surface area contributed by atoms with Crippen molar-refractivity contribution in [3.05, 3.63) is 50.2 Å². The second-order valence-electron chi connectivity index (χ2n) is 7.25. The van der Waals surface area contributed by atoms with Gasteiger partial charge in [-0.1, -0.05) is 6.07 Å². The van der Waals surface area contributed by atoms with E-state index < -0.39 is 17.4 Å². The summed E-state index contributed by atoms with van der Waals surface area (Å²) in [5.74, 6) is 0.976. The lowest BCUT2D eigenvalue weighted by molar-refractivity contribution is 0.0938. The molecule has 2 aromatic heterocycles. The Bertz CT molecular complexity index is 1150. The number of nitrogens with one attached hydrogen (secondary N) is 2. The van der Waals surface area contributed by atoms with Crippen LogP contribution in [0.3, 0.4) is 0 Å². The fourth-order valence-corrected chi connectivity index (χ4v) is 3.09. The molecule has 3 aromatic rings. The summed E-state index contributed by atoms with van der Waals surface area (Å²) in [6, 6.07) is 5.69. The van der Waals surface area contributed by atoms with Gasteiger partial charge >= 0.3 is 5.69 Å². The van der Waals surface area contributed by atoms with E-state index in [0.717, 1.165) is 11.1 Å². The van der Waals surface area contributed by atoms with Crippen LogP contribution < -0.4 is 21.3 Å². The maximum absolute atomic E-state index is 12.4. The minimum absolute atomic E-state index is 0.00126. The minimum atomic E-state index is -0.931. The highest BCUT2D eigenvalue weighted by atomic mass is 16.5. The van der Waals surface area contributed by atoms with Gasteiger partial charge in [-0.3, -0.25) is 14.3 Å². The lowest BCUT2D eigenvalue weighted by Gasteiger charge is -2.16. The number of anilines is 1. The second kappa shape index (κ2) is 9.14. The van der Waals surface area contributed by atoms with Gasteiger partial charge in [0.15, 0.2) is 11.2 Å². The number of fused-ring (bicyclic) bond motifs is 1. The number of ether oxygens (including phenoxy) is 1. The third kappa shape index (κ3) is 4.55. The van der Waals surface area contributed by atoms with Gasteiger partial charge in [-0.05, 0) is 43.5 Å². The molecule has 10 nitrogen and oxygen atoms in total. The van der Waals surface area contributed by atoms with Crippen molar-refractivity contribution in [3.63, 3.8) is 0 Å². The number of H-pyrrole nitrogens is 1. The summed E-state index contributed by atoms with van der Waals surface area (Å²) < 4.78 is 8.46. The van der Waals surface area contributed by atoms with E-state index in [1.54, 1.807) is 0 Å². The molecule has 0 spiro atoms. The van der Waals surface area contributed by atoms with Crippen LogP contribution in [0, 0.1) is 13.8 Å². The monoisotopic (exact) mass is 417 g/mol. The van der Waals surface area contributed by atoms with Crippen LogP contribution in [0.15, 0.2) is 27.8 Å². The zero-order valence-electron chi connectivity index (χ0n) is 17.3. The summed E-state index contributed by atoms with van der Waals surface area (Å²) in [6.45, 7) is 4.46. The number of aromatic nitrogens is 4. The zero-order chi connectivity index (χ0) is 21.8. The summed E-state index contributed by atoms with van der Waals surface area (Å²) in [4.78, 5) is 31.0. The van der Waals surface area contributed by atoms with Crippen molar-refractivity contribution in [1.82, 2.24) is 19.1 Å². The molecule has 2 heterocycles. The van der Waals surface area contributed by atoms with Crippen LogP contribution in [0.5, 0.6) is 5.75 Å². The number of hydrogen-bond donors (Lipinski definition) is 4. The zero-order valence-corrected chi connectivity index (χ0v) is 17.3. The highest BCUT2D eigenvalue weighted by Gasteiger charge is 2.19. The lowest BCUT2D eigenvalue weighted by Crippen LogP contribution is -2.31. The van der Waals surface area contributed by atoms with E-state index in [2.05, 4.69) is 15.3 Å². The number of rotatable bonds is 9. The first kappa shape index (κ1) is 21.6. The van der Waals surface area contributed by atoms with Gasteiger partial charge < -0.3 is 24.8 Å². The maximum atomic E-state index is 12.4. The Balaban J connectivity index is 1.86. The molecule has 10 heteroatoms. The van der Waals surface area contributed by atoms with Gasteiger partial charge in [-0.25, -0.2) is 4.79 Å². The van der Waals surface area contributed by atoms with E-state index in [1.807, 2.05) is 32.0 Å². The van der Waals surface area contributed by atoms with Crippen molar-refractivity contribution in [1.29, 1.82) is 0 Å². The van der Waals surface area contributed by atoms with Gasteiger partial charge in [0.1, 0.15) is 18.5 Å². The summed E-state index contributed by atoms with van der Waals surface area (Å²) in [7, 11) is 1.51. The quantitative estimate of drug-likeness (QED) is 0.367. The van der Waals surface area contributed by atoms with Crippen molar-refractivity contribution in [2.45, 2.75) is 32.9 Å². The van der Waals surface area contributed by atoms with Crippen LogP contribution in [0.1, 0.15) is 17.5 Å². The number of hydrogen-bond acceptors (Lipinski definition) is 7. The van der Waals surface area contributed by atoms with Gasteiger partial charge in [0.05, 0.1) is 6.54 Å². The molecule has 0 saturated heterocycles. The number of aliphatic hydroxyl groups is 2. The van der Waals surface area contributed by atoms with Crippen LogP contribution in [0.2, 0.25) is 0 Å². The molecule has 30 heavy (non-hydrogen) atoms. The normalized spacial score (nSPS) is 12.3. The van der Waals surface area contributed by atoms with E-state index in [-0.39, 0.29) is 30.9 Å². The van der Waals surface area contributed by atoms with Gasteiger partial charge in [-0.15, -0.1) is 0 Å². The average Bonchev–Trinajstić information content (AvgIpc) is 3.06. The third-order valence-corrected chi connectivity index (χ3v) is 4.94. The first-order valence-corrected chi connectivity index (χ1v) is 9.74. The fourth-order valence-electron chi connectivity index (χ4n) is 3.09. The third-order valence-electron chi connectivity index (χ3n) is 4.94.